The standard InChI is InChI=1S/C14H17NO2S/c1-9(2)17-12-7-5-11(6-8-12)13-15-10(3)14(16-4)18-13/h5-9H,1-4H3. The van der Waals surface area contributed by atoms with Gasteiger partial charge in [-0.2, -0.15) is 0 Å². The van der Waals surface area contributed by atoms with Crippen LogP contribution in [0, 0.1) is 6.92 Å². The molecule has 0 saturated heterocycles. The summed E-state index contributed by atoms with van der Waals surface area (Å²) in [5, 5.41) is 1.84. The van der Waals surface area contributed by atoms with Crippen molar-refractivity contribution in [1.82, 2.24) is 4.98 Å². The lowest BCUT2D eigenvalue weighted by Crippen LogP contribution is -2.05. The van der Waals surface area contributed by atoms with Crippen molar-refractivity contribution in [3.05, 3.63) is 30.0 Å². The van der Waals surface area contributed by atoms with Crippen LogP contribution in [0.2, 0.25) is 0 Å². The molecular weight excluding hydrogens is 246 g/mol. The maximum atomic E-state index is 5.61. The van der Waals surface area contributed by atoms with Crippen LogP contribution in [-0.4, -0.2) is 18.2 Å². The molecule has 4 heteroatoms. The Balaban J connectivity index is 2.22. The summed E-state index contributed by atoms with van der Waals surface area (Å²) in [7, 11) is 1.67. The van der Waals surface area contributed by atoms with Gasteiger partial charge in [-0.1, -0.05) is 11.3 Å². The van der Waals surface area contributed by atoms with Gasteiger partial charge in [-0.15, -0.1) is 0 Å². The first kappa shape index (κ1) is 12.9. The minimum Gasteiger partial charge on any atom is -0.491 e. The molecule has 0 aliphatic carbocycles. The zero-order chi connectivity index (χ0) is 13.1. The molecule has 1 aromatic heterocycles. The summed E-state index contributed by atoms with van der Waals surface area (Å²) >= 11 is 1.56. The summed E-state index contributed by atoms with van der Waals surface area (Å²) in [6.07, 6.45) is 0.193. The molecule has 0 amide bonds. The Bertz CT molecular complexity index is 517. The molecule has 0 aliphatic rings. The van der Waals surface area contributed by atoms with Gasteiger partial charge in [0.25, 0.3) is 0 Å². The molecular formula is C14H17NO2S. The van der Waals surface area contributed by atoms with Crippen LogP contribution in [0.15, 0.2) is 24.3 Å². The minimum absolute atomic E-state index is 0.193. The van der Waals surface area contributed by atoms with Crippen molar-refractivity contribution in [3.8, 4) is 21.4 Å². The van der Waals surface area contributed by atoms with Crippen LogP contribution in [0.1, 0.15) is 19.5 Å². The molecule has 18 heavy (non-hydrogen) atoms. The third-order valence-corrected chi connectivity index (χ3v) is 3.58. The molecule has 2 rings (SSSR count). The largest absolute Gasteiger partial charge is 0.491 e. The molecule has 0 bridgehead atoms. The van der Waals surface area contributed by atoms with Crippen LogP contribution < -0.4 is 9.47 Å². The molecule has 2 aromatic rings. The smallest absolute Gasteiger partial charge is 0.197 e. The zero-order valence-electron chi connectivity index (χ0n) is 11.1. The van der Waals surface area contributed by atoms with Gasteiger partial charge in [0.05, 0.1) is 18.9 Å². The van der Waals surface area contributed by atoms with E-state index in [0.29, 0.717) is 0 Å². The van der Waals surface area contributed by atoms with Crippen molar-refractivity contribution >= 4 is 11.3 Å². The van der Waals surface area contributed by atoms with Gasteiger partial charge in [-0.3, -0.25) is 0 Å². The Labute approximate surface area is 111 Å². The Morgan fingerprint density at radius 3 is 2.33 bits per heavy atom. The van der Waals surface area contributed by atoms with E-state index in [1.807, 2.05) is 45.0 Å². The lowest BCUT2D eigenvalue weighted by molar-refractivity contribution is 0.242. The molecule has 0 N–H and O–H groups in total. The number of aryl methyl sites for hydroxylation is 1. The van der Waals surface area contributed by atoms with E-state index in [0.717, 1.165) is 27.1 Å². The number of methoxy groups -OCH3 is 1. The summed E-state index contributed by atoms with van der Waals surface area (Å²) in [6, 6.07) is 7.99. The number of hydrogen-bond acceptors (Lipinski definition) is 4. The Morgan fingerprint density at radius 1 is 1.17 bits per heavy atom. The van der Waals surface area contributed by atoms with Crippen molar-refractivity contribution in [1.29, 1.82) is 0 Å². The van der Waals surface area contributed by atoms with Crippen LogP contribution in [0.4, 0.5) is 0 Å². The second kappa shape index (κ2) is 5.40. The van der Waals surface area contributed by atoms with Crippen molar-refractivity contribution < 1.29 is 9.47 Å². The zero-order valence-corrected chi connectivity index (χ0v) is 11.9. The van der Waals surface area contributed by atoms with E-state index >= 15 is 0 Å². The fourth-order valence-corrected chi connectivity index (χ4v) is 2.53. The van der Waals surface area contributed by atoms with E-state index < -0.39 is 0 Å². The first-order chi connectivity index (χ1) is 8.60. The fraction of sp³-hybridized carbons (Fsp3) is 0.357. The number of benzene rings is 1. The molecule has 96 valence electrons. The molecule has 3 nitrogen and oxygen atoms in total. The third-order valence-electron chi connectivity index (χ3n) is 2.41. The van der Waals surface area contributed by atoms with E-state index in [1.165, 1.54) is 0 Å². The van der Waals surface area contributed by atoms with Gasteiger partial charge < -0.3 is 9.47 Å². The first-order valence-electron chi connectivity index (χ1n) is 5.88. The summed E-state index contributed by atoms with van der Waals surface area (Å²) in [5.74, 6) is 0.883. The van der Waals surface area contributed by atoms with Gasteiger partial charge in [-0.25, -0.2) is 4.98 Å². The van der Waals surface area contributed by atoms with Gasteiger partial charge >= 0.3 is 0 Å². The van der Waals surface area contributed by atoms with Crippen molar-refractivity contribution in [3.63, 3.8) is 0 Å². The Morgan fingerprint density at radius 2 is 1.83 bits per heavy atom. The van der Waals surface area contributed by atoms with Crippen molar-refractivity contribution in [2.24, 2.45) is 0 Å². The average Bonchev–Trinajstić information content (AvgIpc) is 2.71. The molecule has 0 atom stereocenters. The van der Waals surface area contributed by atoms with Crippen LogP contribution in [0.3, 0.4) is 0 Å². The second-order valence-corrected chi connectivity index (χ2v) is 5.25. The van der Waals surface area contributed by atoms with Crippen LogP contribution in [-0.2, 0) is 0 Å². The lowest BCUT2D eigenvalue weighted by atomic mass is 10.2. The van der Waals surface area contributed by atoms with E-state index in [2.05, 4.69) is 4.98 Å². The topological polar surface area (TPSA) is 31.4 Å². The number of nitrogens with zero attached hydrogens (tertiary/aromatic N) is 1. The van der Waals surface area contributed by atoms with Gasteiger partial charge in [0.1, 0.15) is 10.8 Å². The quantitative estimate of drug-likeness (QED) is 0.838. The number of thiazole rings is 1. The third kappa shape index (κ3) is 2.82. The van der Waals surface area contributed by atoms with E-state index in [9.17, 15) is 0 Å². The number of ether oxygens (including phenoxy) is 2. The van der Waals surface area contributed by atoms with Gasteiger partial charge in [0.15, 0.2) is 5.06 Å². The number of rotatable bonds is 4. The predicted octanol–water partition coefficient (Wildman–Crippen LogP) is 3.91. The van der Waals surface area contributed by atoms with E-state index in [4.69, 9.17) is 9.47 Å². The molecule has 0 unspecified atom stereocenters. The molecule has 0 spiro atoms. The maximum absolute atomic E-state index is 5.61. The monoisotopic (exact) mass is 263 g/mol. The predicted molar refractivity (Wildman–Crippen MR) is 74.6 cm³/mol. The minimum atomic E-state index is 0.193. The normalized spacial score (nSPS) is 10.7. The Hall–Kier alpha value is -1.55. The summed E-state index contributed by atoms with van der Waals surface area (Å²) in [6.45, 7) is 5.99. The summed E-state index contributed by atoms with van der Waals surface area (Å²) in [5.41, 5.74) is 2.02. The SMILES string of the molecule is COc1sc(-c2ccc(OC(C)C)cc2)nc1C. The maximum Gasteiger partial charge on any atom is 0.197 e. The molecule has 0 fully saturated rings. The van der Waals surface area contributed by atoms with E-state index in [1.54, 1.807) is 18.4 Å². The van der Waals surface area contributed by atoms with Crippen LogP contribution in [0.25, 0.3) is 10.6 Å². The lowest BCUT2D eigenvalue weighted by Gasteiger charge is -2.09. The summed E-state index contributed by atoms with van der Waals surface area (Å²) in [4.78, 5) is 4.50. The van der Waals surface area contributed by atoms with Crippen LogP contribution >= 0.6 is 11.3 Å². The highest BCUT2D eigenvalue weighted by atomic mass is 32.1. The molecule has 0 saturated carbocycles. The average molecular weight is 263 g/mol. The highest BCUT2D eigenvalue weighted by Crippen LogP contribution is 2.33. The molecule has 1 heterocycles. The molecule has 1 aromatic carbocycles. The Kier molecular flexibility index (Phi) is 3.87. The molecule has 0 aliphatic heterocycles. The van der Waals surface area contributed by atoms with Crippen LogP contribution in [0.5, 0.6) is 10.8 Å². The number of aromatic nitrogens is 1. The number of hydrogen-bond donors (Lipinski definition) is 0. The fourth-order valence-electron chi connectivity index (χ4n) is 1.64. The first-order valence-corrected chi connectivity index (χ1v) is 6.70. The highest BCUT2D eigenvalue weighted by molar-refractivity contribution is 7.17. The van der Waals surface area contributed by atoms with Gasteiger partial charge in [0, 0.05) is 5.56 Å². The van der Waals surface area contributed by atoms with E-state index in [-0.39, 0.29) is 6.10 Å². The van der Waals surface area contributed by atoms with Gasteiger partial charge in [-0.05, 0) is 45.0 Å². The second-order valence-electron chi connectivity index (χ2n) is 4.29. The van der Waals surface area contributed by atoms with Crippen molar-refractivity contribution in [2.75, 3.05) is 7.11 Å². The molecule has 0 radical (unpaired) electrons. The highest BCUT2D eigenvalue weighted by Gasteiger charge is 2.09. The van der Waals surface area contributed by atoms with Crippen molar-refractivity contribution in [2.45, 2.75) is 26.9 Å². The van der Waals surface area contributed by atoms with Gasteiger partial charge in [0.2, 0.25) is 0 Å². The summed E-state index contributed by atoms with van der Waals surface area (Å²) < 4.78 is 10.9.